The van der Waals surface area contributed by atoms with E-state index in [1.165, 1.54) is 29.4 Å². The average Bonchev–Trinajstić information content (AvgIpc) is 2.82. The maximum atomic E-state index is 14.0. The molecule has 4 rings (SSSR count). The summed E-state index contributed by atoms with van der Waals surface area (Å²) in [6.45, 7) is -0.0933. The Labute approximate surface area is 205 Å². The van der Waals surface area contributed by atoms with Gasteiger partial charge in [0.1, 0.15) is 17.7 Å². The van der Waals surface area contributed by atoms with Crippen molar-refractivity contribution in [2.45, 2.75) is 11.4 Å². The predicted molar refractivity (Wildman–Crippen MR) is 130 cm³/mol. The Bertz CT molecular complexity index is 1640. The second-order valence-electron chi connectivity index (χ2n) is 7.73. The lowest BCUT2D eigenvalue weighted by molar-refractivity contribution is 0.0984. The highest BCUT2D eigenvalue weighted by atomic mass is 35.5. The molecule has 0 aliphatic carbocycles. The van der Waals surface area contributed by atoms with Crippen LogP contribution in [0, 0.1) is 17.1 Å². The van der Waals surface area contributed by atoms with Crippen LogP contribution in [0.4, 0.5) is 15.9 Å². The largest absolute Gasteiger partial charge is 0.382 e. The molecule has 11 heteroatoms. The van der Waals surface area contributed by atoms with Crippen molar-refractivity contribution in [1.82, 2.24) is 9.97 Å². The van der Waals surface area contributed by atoms with Gasteiger partial charge < -0.3 is 10.6 Å². The zero-order chi connectivity index (χ0) is 25.3. The van der Waals surface area contributed by atoms with Crippen molar-refractivity contribution in [2.24, 2.45) is 0 Å². The Kier molecular flexibility index (Phi) is 6.39. The molecule has 0 fully saturated rings. The normalized spacial score (nSPS) is 11.3. The number of nitrogen functional groups attached to an aromatic ring is 1. The third kappa shape index (κ3) is 5.06. The standard InChI is InChI=1S/C24H17ClFN5O3S/c1-35(33,34)22-9-18(26)4-5-21(22)31(24(32)17-6-15(10-27)11-29-12-17)13-14-2-3-16-8-19(25)23(28)30-20(16)7-14/h2-9,11-12H,13H2,1H3,(H2,28,30). The number of carbonyl (C=O) groups is 1. The summed E-state index contributed by atoms with van der Waals surface area (Å²) in [6, 6.07) is 13.2. The summed E-state index contributed by atoms with van der Waals surface area (Å²) in [4.78, 5) is 22.6. The smallest absolute Gasteiger partial charge is 0.260 e. The molecule has 2 aromatic carbocycles. The molecule has 0 aliphatic rings. The van der Waals surface area contributed by atoms with Crippen LogP contribution in [0.3, 0.4) is 0 Å². The van der Waals surface area contributed by atoms with Crippen molar-refractivity contribution in [3.63, 3.8) is 0 Å². The molecule has 2 heterocycles. The number of aromatic nitrogens is 2. The van der Waals surface area contributed by atoms with Crippen LogP contribution in [-0.4, -0.2) is 30.5 Å². The fraction of sp³-hybridized carbons (Fsp3) is 0.0833. The van der Waals surface area contributed by atoms with Crippen LogP contribution in [0.25, 0.3) is 10.9 Å². The van der Waals surface area contributed by atoms with Crippen molar-refractivity contribution < 1.29 is 17.6 Å². The molecular formula is C24H17ClFN5O3S. The van der Waals surface area contributed by atoms with E-state index in [9.17, 15) is 22.9 Å². The maximum Gasteiger partial charge on any atom is 0.260 e. The van der Waals surface area contributed by atoms with Gasteiger partial charge in [-0.25, -0.2) is 17.8 Å². The zero-order valence-corrected chi connectivity index (χ0v) is 19.8. The third-order valence-corrected chi connectivity index (χ3v) is 6.60. The number of hydrogen-bond donors (Lipinski definition) is 1. The van der Waals surface area contributed by atoms with Crippen LogP contribution in [0.1, 0.15) is 21.5 Å². The van der Waals surface area contributed by atoms with Gasteiger partial charge >= 0.3 is 0 Å². The molecule has 2 N–H and O–H groups in total. The number of sulfone groups is 1. The molecule has 0 aliphatic heterocycles. The number of halogens is 2. The molecule has 1 amide bonds. The van der Waals surface area contributed by atoms with Crippen molar-refractivity contribution in [1.29, 1.82) is 5.26 Å². The number of amides is 1. The minimum absolute atomic E-state index is 0.0232. The molecule has 0 unspecified atom stereocenters. The molecular weight excluding hydrogens is 493 g/mol. The van der Waals surface area contributed by atoms with Crippen LogP contribution in [-0.2, 0) is 16.4 Å². The molecule has 2 aromatic heterocycles. The molecule has 176 valence electrons. The lowest BCUT2D eigenvalue weighted by atomic mass is 10.1. The summed E-state index contributed by atoms with van der Waals surface area (Å²) in [6.07, 6.45) is 3.49. The summed E-state index contributed by atoms with van der Waals surface area (Å²) in [5, 5.41) is 10.2. The first-order valence-corrected chi connectivity index (χ1v) is 12.3. The van der Waals surface area contributed by atoms with E-state index in [1.54, 1.807) is 24.3 Å². The number of pyridine rings is 2. The monoisotopic (exact) mass is 509 g/mol. The highest BCUT2D eigenvalue weighted by molar-refractivity contribution is 7.90. The molecule has 8 nitrogen and oxygen atoms in total. The topological polar surface area (TPSA) is 130 Å². The molecule has 0 bridgehead atoms. The van der Waals surface area contributed by atoms with Crippen molar-refractivity contribution in [2.75, 3.05) is 16.9 Å². The van der Waals surface area contributed by atoms with E-state index in [4.69, 9.17) is 17.3 Å². The number of rotatable bonds is 5. The van der Waals surface area contributed by atoms with Crippen molar-refractivity contribution >= 4 is 49.8 Å². The van der Waals surface area contributed by atoms with E-state index in [2.05, 4.69) is 9.97 Å². The number of nitriles is 1. The van der Waals surface area contributed by atoms with Gasteiger partial charge in [-0.05, 0) is 42.0 Å². The van der Waals surface area contributed by atoms with Gasteiger partial charge in [-0.2, -0.15) is 5.26 Å². The molecule has 0 saturated carbocycles. The van der Waals surface area contributed by atoms with Gasteiger partial charge in [0.05, 0.1) is 38.8 Å². The first-order chi connectivity index (χ1) is 16.6. The molecule has 4 aromatic rings. The number of nitrogens with two attached hydrogens (primary N) is 1. The Morgan fingerprint density at radius 3 is 2.66 bits per heavy atom. The molecule has 35 heavy (non-hydrogen) atoms. The van der Waals surface area contributed by atoms with E-state index < -0.39 is 21.6 Å². The quantitative estimate of drug-likeness (QED) is 0.428. The van der Waals surface area contributed by atoms with Crippen LogP contribution >= 0.6 is 11.6 Å². The van der Waals surface area contributed by atoms with Gasteiger partial charge in [0.2, 0.25) is 0 Å². The minimum Gasteiger partial charge on any atom is -0.382 e. The van der Waals surface area contributed by atoms with E-state index in [0.717, 1.165) is 23.8 Å². The number of carbonyl (C=O) groups excluding carboxylic acids is 1. The third-order valence-electron chi connectivity index (χ3n) is 5.17. The number of hydrogen-bond acceptors (Lipinski definition) is 7. The number of fused-ring (bicyclic) bond motifs is 1. The number of anilines is 2. The Morgan fingerprint density at radius 2 is 1.94 bits per heavy atom. The summed E-state index contributed by atoms with van der Waals surface area (Å²) in [7, 11) is -3.91. The highest BCUT2D eigenvalue weighted by Gasteiger charge is 2.26. The Morgan fingerprint density at radius 1 is 1.17 bits per heavy atom. The predicted octanol–water partition coefficient (Wildman–Crippen LogP) is 4.13. The average molecular weight is 510 g/mol. The van der Waals surface area contributed by atoms with Crippen LogP contribution in [0.15, 0.2) is 65.8 Å². The number of benzene rings is 2. The van der Waals surface area contributed by atoms with Gasteiger partial charge in [0.15, 0.2) is 9.84 Å². The van der Waals surface area contributed by atoms with E-state index in [0.29, 0.717) is 16.1 Å². The van der Waals surface area contributed by atoms with Gasteiger partial charge in [-0.3, -0.25) is 9.78 Å². The lowest BCUT2D eigenvalue weighted by Gasteiger charge is -2.25. The van der Waals surface area contributed by atoms with Gasteiger partial charge in [-0.1, -0.05) is 23.7 Å². The molecule has 0 saturated heterocycles. The number of nitrogens with zero attached hydrogens (tertiary/aromatic N) is 4. The van der Waals surface area contributed by atoms with E-state index >= 15 is 0 Å². The minimum atomic E-state index is -3.91. The van der Waals surface area contributed by atoms with Crippen molar-refractivity contribution in [3.05, 3.63) is 88.5 Å². The van der Waals surface area contributed by atoms with E-state index in [-0.39, 0.29) is 34.1 Å². The SMILES string of the molecule is CS(=O)(=O)c1cc(F)ccc1N(Cc1ccc2cc(Cl)c(N)nc2c1)C(=O)c1cncc(C#N)c1. The first-order valence-electron chi connectivity index (χ1n) is 10.1. The molecule has 0 atom stereocenters. The van der Waals surface area contributed by atoms with E-state index in [1.807, 2.05) is 6.07 Å². The summed E-state index contributed by atoms with van der Waals surface area (Å²) < 4.78 is 38.9. The Hall–Kier alpha value is -4.07. The lowest BCUT2D eigenvalue weighted by Crippen LogP contribution is -2.32. The molecule has 0 spiro atoms. The van der Waals surface area contributed by atoms with Gasteiger partial charge in [0.25, 0.3) is 5.91 Å². The second kappa shape index (κ2) is 9.29. The zero-order valence-electron chi connectivity index (χ0n) is 18.2. The summed E-state index contributed by atoms with van der Waals surface area (Å²) >= 11 is 6.04. The second-order valence-corrected chi connectivity index (χ2v) is 10.1. The highest BCUT2D eigenvalue weighted by Crippen LogP contribution is 2.30. The van der Waals surface area contributed by atoms with Gasteiger partial charge in [0, 0.05) is 24.0 Å². The summed E-state index contributed by atoms with van der Waals surface area (Å²) in [5.74, 6) is -1.26. The summed E-state index contributed by atoms with van der Waals surface area (Å²) in [5.41, 5.74) is 7.12. The van der Waals surface area contributed by atoms with Gasteiger partial charge in [-0.15, -0.1) is 0 Å². The van der Waals surface area contributed by atoms with Crippen LogP contribution < -0.4 is 10.6 Å². The first kappa shape index (κ1) is 24.1. The van der Waals surface area contributed by atoms with Crippen molar-refractivity contribution in [3.8, 4) is 6.07 Å². The molecule has 0 radical (unpaired) electrons. The fourth-order valence-electron chi connectivity index (χ4n) is 3.53. The van der Waals surface area contributed by atoms with Crippen LogP contribution in [0.2, 0.25) is 5.02 Å². The maximum absolute atomic E-state index is 14.0. The van der Waals surface area contributed by atoms with Crippen LogP contribution in [0.5, 0.6) is 0 Å². The Balaban J connectivity index is 1.87. The fourth-order valence-corrected chi connectivity index (χ4v) is 4.58.